The molecule has 0 saturated carbocycles. The highest BCUT2D eigenvalue weighted by atomic mass is 16.5. The Morgan fingerprint density at radius 3 is 2.36 bits per heavy atom. The van der Waals surface area contributed by atoms with Crippen LogP contribution in [0.4, 0.5) is 0 Å². The third-order valence-electron chi connectivity index (χ3n) is 4.11. The highest BCUT2D eigenvalue weighted by molar-refractivity contribution is 5.72. The number of carbonyl (C=O) groups excluding carboxylic acids is 1. The number of hydrogen-bond donors (Lipinski definition) is 0. The van der Waals surface area contributed by atoms with Crippen molar-refractivity contribution in [3.8, 4) is 17.2 Å². The van der Waals surface area contributed by atoms with Crippen LogP contribution in [0.15, 0.2) is 36.4 Å². The van der Waals surface area contributed by atoms with Gasteiger partial charge in [0.1, 0.15) is 23.9 Å². The van der Waals surface area contributed by atoms with Crippen molar-refractivity contribution in [1.82, 2.24) is 0 Å². The Balaban J connectivity index is 2.26. The molecule has 25 heavy (non-hydrogen) atoms. The van der Waals surface area contributed by atoms with Gasteiger partial charge in [-0.05, 0) is 42.2 Å². The molecule has 0 aliphatic carbocycles. The van der Waals surface area contributed by atoms with Crippen molar-refractivity contribution in [1.29, 1.82) is 0 Å². The first-order chi connectivity index (χ1) is 12.1. The van der Waals surface area contributed by atoms with Crippen molar-refractivity contribution < 1.29 is 19.0 Å². The summed E-state index contributed by atoms with van der Waals surface area (Å²) in [6.07, 6.45) is 2.21. The molecule has 134 valence electrons. The minimum Gasteiger partial charge on any atom is -0.496 e. The van der Waals surface area contributed by atoms with Gasteiger partial charge in [-0.1, -0.05) is 39.0 Å². The van der Waals surface area contributed by atoms with E-state index in [2.05, 4.69) is 26.0 Å². The standard InChI is InChI=1S/C21H26O4/c1-5-15-11-12-18(16(6-2)13-15)24-14-17-19(23-4)9-8-10-20(17)25-21(22)7-3/h8-13H,5-7,14H2,1-4H3. The second-order valence-electron chi connectivity index (χ2n) is 5.70. The second kappa shape index (κ2) is 9.11. The molecule has 0 heterocycles. The van der Waals surface area contributed by atoms with Crippen LogP contribution in [-0.4, -0.2) is 13.1 Å². The van der Waals surface area contributed by atoms with Gasteiger partial charge >= 0.3 is 5.97 Å². The molecular weight excluding hydrogens is 316 g/mol. The molecule has 0 aliphatic rings. The Morgan fingerprint density at radius 2 is 1.72 bits per heavy atom. The van der Waals surface area contributed by atoms with Gasteiger partial charge < -0.3 is 14.2 Å². The third kappa shape index (κ3) is 4.75. The maximum atomic E-state index is 11.7. The lowest BCUT2D eigenvalue weighted by atomic mass is 10.1. The molecule has 0 bridgehead atoms. The number of aryl methyl sites for hydroxylation is 2. The molecule has 0 aliphatic heterocycles. The topological polar surface area (TPSA) is 44.8 Å². The van der Waals surface area contributed by atoms with Crippen LogP contribution in [0.5, 0.6) is 17.2 Å². The molecule has 0 saturated heterocycles. The number of benzene rings is 2. The summed E-state index contributed by atoms with van der Waals surface area (Å²) in [5.74, 6) is 1.69. The van der Waals surface area contributed by atoms with Crippen LogP contribution in [0.3, 0.4) is 0 Å². The van der Waals surface area contributed by atoms with Crippen LogP contribution in [0.25, 0.3) is 0 Å². The van der Waals surface area contributed by atoms with Gasteiger partial charge in [-0.2, -0.15) is 0 Å². The molecule has 2 rings (SSSR count). The van der Waals surface area contributed by atoms with E-state index < -0.39 is 0 Å². The van der Waals surface area contributed by atoms with Crippen LogP contribution < -0.4 is 14.2 Å². The van der Waals surface area contributed by atoms with Crippen LogP contribution in [-0.2, 0) is 24.2 Å². The SMILES string of the molecule is CCC(=O)Oc1cccc(OC)c1COc1ccc(CC)cc1CC. The fourth-order valence-corrected chi connectivity index (χ4v) is 2.59. The van der Waals surface area contributed by atoms with E-state index in [-0.39, 0.29) is 12.6 Å². The smallest absolute Gasteiger partial charge is 0.310 e. The van der Waals surface area contributed by atoms with Crippen molar-refractivity contribution in [3.63, 3.8) is 0 Å². The molecule has 0 aromatic heterocycles. The summed E-state index contributed by atoms with van der Waals surface area (Å²) in [5.41, 5.74) is 3.19. The number of carbonyl (C=O) groups is 1. The lowest BCUT2D eigenvalue weighted by Crippen LogP contribution is -2.10. The molecule has 0 spiro atoms. The largest absolute Gasteiger partial charge is 0.496 e. The van der Waals surface area contributed by atoms with E-state index in [9.17, 15) is 4.79 Å². The Bertz CT molecular complexity index is 722. The van der Waals surface area contributed by atoms with Crippen molar-refractivity contribution in [2.75, 3.05) is 7.11 Å². The predicted molar refractivity (Wildman–Crippen MR) is 98.5 cm³/mol. The van der Waals surface area contributed by atoms with Gasteiger partial charge in [0.05, 0.1) is 12.7 Å². The van der Waals surface area contributed by atoms with E-state index >= 15 is 0 Å². The van der Waals surface area contributed by atoms with E-state index in [0.29, 0.717) is 17.9 Å². The van der Waals surface area contributed by atoms with E-state index in [1.54, 1.807) is 26.2 Å². The number of ether oxygens (including phenoxy) is 3. The molecule has 0 unspecified atom stereocenters. The first-order valence-corrected chi connectivity index (χ1v) is 8.74. The van der Waals surface area contributed by atoms with Gasteiger partial charge in [0.15, 0.2) is 0 Å². The lowest BCUT2D eigenvalue weighted by Gasteiger charge is -2.16. The molecule has 0 radical (unpaired) electrons. The first kappa shape index (κ1) is 18.8. The lowest BCUT2D eigenvalue weighted by molar-refractivity contribution is -0.134. The van der Waals surface area contributed by atoms with E-state index in [1.165, 1.54) is 11.1 Å². The molecule has 0 fully saturated rings. The minimum atomic E-state index is -0.281. The highest BCUT2D eigenvalue weighted by Gasteiger charge is 2.14. The van der Waals surface area contributed by atoms with Crippen molar-refractivity contribution in [2.24, 2.45) is 0 Å². The van der Waals surface area contributed by atoms with Gasteiger partial charge in [-0.15, -0.1) is 0 Å². The number of hydrogen-bond acceptors (Lipinski definition) is 4. The fraction of sp³-hybridized carbons (Fsp3) is 0.381. The van der Waals surface area contributed by atoms with Crippen molar-refractivity contribution >= 4 is 5.97 Å². The summed E-state index contributed by atoms with van der Waals surface area (Å²) in [6.45, 7) is 6.29. The van der Waals surface area contributed by atoms with E-state index in [1.807, 2.05) is 12.1 Å². The highest BCUT2D eigenvalue weighted by Crippen LogP contribution is 2.31. The molecule has 4 heteroatoms. The second-order valence-corrected chi connectivity index (χ2v) is 5.70. The summed E-state index contributed by atoms with van der Waals surface area (Å²) in [5, 5.41) is 0. The van der Waals surface area contributed by atoms with Crippen molar-refractivity contribution in [3.05, 3.63) is 53.1 Å². The maximum Gasteiger partial charge on any atom is 0.310 e. The third-order valence-corrected chi connectivity index (χ3v) is 4.11. The fourth-order valence-electron chi connectivity index (χ4n) is 2.59. The zero-order valence-corrected chi connectivity index (χ0v) is 15.4. The normalized spacial score (nSPS) is 10.4. The molecule has 2 aromatic rings. The molecule has 2 aromatic carbocycles. The van der Waals surface area contributed by atoms with Crippen LogP contribution in [0, 0.1) is 0 Å². The summed E-state index contributed by atoms with van der Waals surface area (Å²) < 4.78 is 16.9. The molecule has 0 atom stereocenters. The number of rotatable bonds is 8. The quantitative estimate of drug-likeness (QED) is 0.514. The van der Waals surface area contributed by atoms with Crippen LogP contribution in [0.1, 0.15) is 43.9 Å². The summed E-state index contributed by atoms with van der Waals surface area (Å²) in [6, 6.07) is 11.7. The zero-order chi connectivity index (χ0) is 18.2. The van der Waals surface area contributed by atoms with Crippen LogP contribution >= 0.6 is 0 Å². The Kier molecular flexibility index (Phi) is 6.87. The Hall–Kier alpha value is -2.49. The van der Waals surface area contributed by atoms with Gasteiger partial charge in [0.25, 0.3) is 0 Å². The summed E-state index contributed by atoms with van der Waals surface area (Å²) in [4.78, 5) is 11.7. The van der Waals surface area contributed by atoms with Gasteiger partial charge in [0, 0.05) is 6.42 Å². The average molecular weight is 342 g/mol. The molecular formula is C21H26O4. The predicted octanol–water partition coefficient (Wildman–Crippen LogP) is 4.71. The average Bonchev–Trinajstić information content (AvgIpc) is 2.66. The Labute approximate surface area is 149 Å². The van der Waals surface area contributed by atoms with Gasteiger partial charge in [-0.25, -0.2) is 0 Å². The Morgan fingerprint density at radius 1 is 0.960 bits per heavy atom. The summed E-state index contributed by atoms with van der Waals surface area (Å²) >= 11 is 0. The molecule has 0 N–H and O–H groups in total. The first-order valence-electron chi connectivity index (χ1n) is 8.74. The maximum absolute atomic E-state index is 11.7. The number of esters is 1. The number of methoxy groups -OCH3 is 1. The summed E-state index contributed by atoms with van der Waals surface area (Å²) in [7, 11) is 1.60. The van der Waals surface area contributed by atoms with E-state index in [4.69, 9.17) is 14.2 Å². The van der Waals surface area contributed by atoms with E-state index in [0.717, 1.165) is 24.2 Å². The van der Waals surface area contributed by atoms with Gasteiger partial charge in [-0.3, -0.25) is 4.79 Å². The molecule has 0 amide bonds. The zero-order valence-electron chi connectivity index (χ0n) is 15.4. The van der Waals surface area contributed by atoms with Gasteiger partial charge in [0.2, 0.25) is 0 Å². The van der Waals surface area contributed by atoms with Crippen molar-refractivity contribution in [2.45, 2.75) is 46.6 Å². The molecule has 4 nitrogen and oxygen atoms in total. The minimum absolute atomic E-state index is 0.273. The monoisotopic (exact) mass is 342 g/mol. The van der Waals surface area contributed by atoms with Crippen LogP contribution in [0.2, 0.25) is 0 Å².